The number of benzene rings is 1. The van der Waals surface area contributed by atoms with Gasteiger partial charge in [-0.3, -0.25) is 4.57 Å². The molecule has 1 aromatic carbocycles. The van der Waals surface area contributed by atoms with Crippen LogP contribution in [0.25, 0.3) is 11.2 Å². The molecule has 0 aliphatic carbocycles. The molecular weight excluding hydrogens is 318 g/mol. The summed E-state index contributed by atoms with van der Waals surface area (Å²) in [6.45, 7) is 1.07. The van der Waals surface area contributed by atoms with E-state index < -0.39 is 0 Å². The lowest BCUT2D eigenvalue weighted by molar-refractivity contribution is 0.300. The zero-order valence-corrected chi connectivity index (χ0v) is 14.0. The Morgan fingerprint density at radius 1 is 1.16 bits per heavy atom. The number of rotatable bonds is 1. The van der Waals surface area contributed by atoms with Gasteiger partial charge in [-0.05, 0) is 24.0 Å². The van der Waals surface area contributed by atoms with E-state index in [1.807, 2.05) is 4.57 Å². The average molecular weight is 337 g/mol. The fourth-order valence-electron chi connectivity index (χ4n) is 2.94. The van der Waals surface area contributed by atoms with Gasteiger partial charge in [0.2, 0.25) is 0 Å². The number of hydrogen-bond donors (Lipinski definition) is 1. The lowest BCUT2D eigenvalue weighted by Crippen LogP contribution is -2.07. The summed E-state index contributed by atoms with van der Waals surface area (Å²) in [6.07, 6.45) is 5.92. The van der Waals surface area contributed by atoms with Crippen molar-refractivity contribution in [2.24, 2.45) is 0 Å². The number of nitrogens with zero attached hydrogens (tertiary/aromatic N) is 4. The highest BCUT2D eigenvalue weighted by atomic mass is 16.5. The molecule has 2 aromatic heterocycles. The number of imidazole rings is 1. The smallest absolute Gasteiger partial charge is 0.320 e. The van der Waals surface area contributed by atoms with Crippen molar-refractivity contribution in [3.63, 3.8) is 0 Å². The molecule has 4 bridgehead atoms. The number of hydrogen-bond acceptors (Lipinski definition) is 6. The lowest BCUT2D eigenvalue weighted by atomic mass is 10.1. The van der Waals surface area contributed by atoms with Gasteiger partial charge in [0.15, 0.2) is 17.0 Å². The van der Waals surface area contributed by atoms with E-state index >= 15 is 0 Å². The Hall–Kier alpha value is -3.09. The molecule has 0 fully saturated rings. The first kappa shape index (κ1) is 15.4. The summed E-state index contributed by atoms with van der Waals surface area (Å²) in [4.78, 5) is 13.1. The normalized spacial score (nSPS) is 15.6. The number of nitrogens with two attached hydrogens (primary N) is 1. The third-order valence-corrected chi connectivity index (χ3v) is 4.12. The van der Waals surface area contributed by atoms with Gasteiger partial charge >= 0.3 is 6.01 Å². The Morgan fingerprint density at radius 3 is 2.92 bits per heavy atom. The van der Waals surface area contributed by atoms with Gasteiger partial charge in [-0.1, -0.05) is 36.4 Å². The first-order valence-electron chi connectivity index (χ1n) is 8.18. The molecule has 1 aliphatic heterocycles. The van der Waals surface area contributed by atoms with Crippen LogP contribution >= 0.6 is 0 Å². The van der Waals surface area contributed by atoms with E-state index in [9.17, 15) is 0 Å². The van der Waals surface area contributed by atoms with Crippen molar-refractivity contribution in [1.29, 1.82) is 0 Å². The molecule has 0 unspecified atom stereocenters. The van der Waals surface area contributed by atoms with E-state index in [1.54, 1.807) is 7.11 Å². The maximum Gasteiger partial charge on any atom is 0.320 e. The molecule has 1 aliphatic rings. The molecule has 3 aromatic rings. The number of allylic oxidation sites excluding steroid dienone is 1. The van der Waals surface area contributed by atoms with Crippen LogP contribution in [0, 0.1) is 0 Å². The van der Waals surface area contributed by atoms with Gasteiger partial charge in [0.05, 0.1) is 20.3 Å². The summed E-state index contributed by atoms with van der Waals surface area (Å²) in [7, 11) is 1.58. The monoisotopic (exact) mass is 337 g/mol. The van der Waals surface area contributed by atoms with Crippen LogP contribution in [0.5, 0.6) is 12.0 Å². The van der Waals surface area contributed by atoms with E-state index in [2.05, 4.69) is 51.4 Å². The number of ether oxygens (including phenoxy) is 2. The predicted molar refractivity (Wildman–Crippen MR) is 94.8 cm³/mol. The SMILES string of the molecule is COc1nc2c(N)nc3nc2n1Cc1cccc(c1)C/C=C\CCO3. The fraction of sp³-hybridized carbons (Fsp3) is 0.278. The van der Waals surface area contributed by atoms with Crippen molar-refractivity contribution in [2.75, 3.05) is 19.5 Å². The number of methoxy groups -OCH3 is 1. The molecule has 7 nitrogen and oxygen atoms in total. The molecule has 128 valence electrons. The zero-order chi connectivity index (χ0) is 17.2. The summed E-state index contributed by atoms with van der Waals surface area (Å²) in [5, 5.41) is 0. The van der Waals surface area contributed by atoms with Crippen LogP contribution in [0.4, 0.5) is 5.82 Å². The minimum Gasteiger partial charge on any atom is -0.468 e. The van der Waals surface area contributed by atoms with Crippen molar-refractivity contribution in [2.45, 2.75) is 19.4 Å². The van der Waals surface area contributed by atoms with Gasteiger partial charge in [0.25, 0.3) is 6.01 Å². The Kier molecular flexibility index (Phi) is 3.97. The summed E-state index contributed by atoms with van der Waals surface area (Å²) < 4.78 is 13.0. The molecule has 25 heavy (non-hydrogen) atoms. The predicted octanol–water partition coefficient (Wildman–Crippen LogP) is 2.35. The molecule has 0 amide bonds. The van der Waals surface area contributed by atoms with Gasteiger partial charge in [-0.25, -0.2) is 0 Å². The van der Waals surface area contributed by atoms with Crippen molar-refractivity contribution in [1.82, 2.24) is 19.5 Å². The van der Waals surface area contributed by atoms with Gasteiger partial charge in [0.1, 0.15) is 0 Å². The summed E-state index contributed by atoms with van der Waals surface area (Å²) in [6, 6.07) is 9.15. The standard InChI is InChI=1S/C18H19N5O2/c1-24-18-20-14-15(19)21-17-22-16(14)23(18)11-13-8-5-7-12(10-13)6-3-2-4-9-25-17/h2-3,5,7-8,10H,4,6,9,11H2,1H3,(H2,19,21,22)/b3-2-. The second-order valence-corrected chi connectivity index (χ2v) is 5.88. The van der Waals surface area contributed by atoms with Crippen LogP contribution in [-0.4, -0.2) is 33.2 Å². The van der Waals surface area contributed by atoms with Crippen LogP contribution < -0.4 is 15.2 Å². The van der Waals surface area contributed by atoms with E-state index in [1.165, 1.54) is 5.56 Å². The second kappa shape index (κ2) is 6.43. The maximum atomic E-state index is 6.05. The van der Waals surface area contributed by atoms with Gasteiger partial charge in [0, 0.05) is 0 Å². The van der Waals surface area contributed by atoms with Gasteiger partial charge in [-0.2, -0.15) is 15.0 Å². The summed E-state index contributed by atoms with van der Waals surface area (Å²) >= 11 is 0. The Balaban J connectivity index is 1.89. The number of fused-ring (bicyclic) bond motifs is 3. The van der Waals surface area contributed by atoms with Crippen LogP contribution in [0.15, 0.2) is 36.4 Å². The van der Waals surface area contributed by atoms with Crippen molar-refractivity contribution >= 4 is 17.0 Å². The van der Waals surface area contributed by atoms with Crippen molar-refractivity contribution in [3.8, 4) is 12.0 Å². The third kappa shape index (κ3) is 3.00. The lowest BCUT2D eigenvalue weighted by Gasteiger charge is -2.10. The largest absolute Gasteiger partial charge is 0.468 e. The maximum absolute atomic E-state index is 6.05. The topological polar surface area (TPSA) is 88.1 Å². The third-order valence-electron chi connectivity index (χ3n) is 4.12. The fourth-order valence-corrected chi connectivity index (χ4v) is 2.94. The van der Waals surface area contributed by atoms with E-state index in [4.69, 9.17) is 15.2 Å². The van der Waals surface area contributed by atoms with E-state index in [-0.39, 0.29) is 11.8 Å². The Morgan fingerprint density at radius 2 is 2.04 bits per heavy atom. The molecule has 0 radical (unpaired) electrons. The number of nitrogen functional groups attached to an aromatic ring is 1. The molecule has 0 saturated heterocycles. The summed E-state index contributed by atoms with van der Waals surface area (Å²) in [5.41, 5.74) is 9.57. The van der Waals surface area contributed by atoms with Gasteiger partial charge in [-0.15, -0.1) is 0 Å². The van der Waals surface area contributed by atoms with E-state index in [0.29, 0.717) is 30.3 Å². The van der Waals surface area contributed by atoms with Gasteiger partial charge < -0.3 is 15.2 Å². The first-order valence-corrected chi connectivity index (χ1v) is 8.18. The minimum atomic E-state index is 0.257. The highest BCUT2D eigenvalue weighted by Crippen LogP contribution is 2.26. The zero-order valence-electron chi connectivity index (χ0n) is 14.0. The number of anilines is 1. The Bertz CT molecular complexity index is 948. The van der Waals surface area contributed by atoms with Crippen LogP contribution in [0.2, 0.25) is 0 Å². The molecule has 3 heterocycles. The minimum absolute atomic E-state index is 0.257. The molecule has 0 saturated carbocycles. The van der Waals surface area contributed by atoms with Crippen molar-refractivity contribution < 1.29 is 9.47 Å². The van der Waals surface area contributed by atoms with Crippen molar-refractivity contribution in [3.05, 3.63) is 47.5 Å². The number of aromatic nitrogens is 4. The highest BCUT2D eigenvalue weighted by Gasteiger charge is 2.18. The van der Waals surface area contributed by atoms with Crippen LogP contribution in [0.3, 0.4) is 0 Å². The molecular formula is C18H19N5O2. The molecule has 4 rings (SSSR count). The average Bonchev–Trinajstić information content (AvgIpc) is 2.96. The Labute approximate surface area is 145 Å². The molecule has 2 N–H and O–H groups in total. The first-order chi connectivity index (χ1) is 12.2. The van der Waals surface area contributed by atoms with Crippen LogP contribution in [-0.2, 0) is 13.0 Å². The molecule has 0 atom stereocenters. The van der Waals surface area contributed by atoms with E-state index in [0.717, 1.165) is 18.4 Å². The van der Waals surface area contributed by atoms with Crippen LogP contribution in [0.1, 0.15) is 17.5 Å². The molecule has 0 spiro atoms. The molecule has 7 heteroatoms. The second-order valence-electron chi connectivity index (χ2n) is 5.88. The summed E-state index contributed by atoms with van der Waals surface area (Å²) in [5.74, 6) is 0.286. The highest BCUT2D eigenvalue weighted by molar-refractivity contribution is 5.83. The quantitative estimate of drug-likeness (QED) is 0.686.